The van der Waals surface area contributed by atoms with Crippen LogP contribution in [0.25, 0.3) is 0 Å². The van der Waals surface area contributed by atoms with Crippen LogP contribution in [-0.2, 0) is 19.8 Å². The Bertz CT molecular complexity index is 446. The van der Waals surface area contributed by atoms with E-state index >= 15 is 0 Å². The van der Waals surface area contributed by atoms with Gasteiger partial charge in [0.15, 0.2) is 0 Å². The zero-order valence-electron chi connectivity index (χ0n) is 11.0. The van der Waals surface area contributed by atoms with E-state index in [1.54, 1.807) is 0 Å². The molecule has 1 rings (SSSR count). The van der Waals surface area contributed by atoms with Gasteiger partial charge in [-0.25, -0.2) is 0 Å². The van der Waals surface area contributed by atoms with Crippen molar-refractivity contribution in [2.45, 2.75) is 25.3 Å². The minimum absolute atomic E-state index is 0.133. The molecule has 1 aliphatic rings. The minimum Gasteiger partial charge on any atom is -0.481 e. The van der Waals surface area contributed by atoms with Gasteiger partial charge in [0.05, 0.1) is 13.0 Å². The van der Waals surface area contributed by atoms with E-state index in [0.29, 0.717) is 0 Å². The van der Waals surface area contributed by atoms with Crippen LogP contribution in [0.4, 0.5) is 0 Å². The molecule has 1 aliphatic carbocycles. The summed E-state index contributed by atoms with van der Waals surface area (Å²) >= 11 is 0. The van der Waals surface area contributed by atoms with Gasteiger partial charge in [-0.15, -0.1) is 0 Å². The SMILES string of the molecule is CN(CCC(=O)O)S(=O)(=O)N(C)CC(=O)NC1CC1. The average molecular weight is 293 g/mol. The molecule has 1 amide bonds. The molecule has 19 heavy (non-hydrogen) atoms. The van der Waals surface area contributed by atoms with Gasteiger partial charge in [-0.2, -0.15) is 17.0 Å². The van der Waals surface area contributed by atoms with Crippen molar-refractivity contribution in [3.8, 4) is 0 Å². The van der Waals surface area contributed by atoms with Crippen molar-refractivity contribution in [1.82, 2.24) is 13.9 Å². The van der Waals surface area contributed by atoms with Crippen molar-refractivity contribution in [2.24, 2.45) is 0 Å². The molecule has 0 heterocycles. The molecule has 0 aliphatic heterocycles. The van der Waals surface area contributed by atoms with Crippen molar-refractivity contribution in [3.63, 3.8) is 0 Å². The third kappa shape index (κ3) is 5.13. The lowest BCUT2D eigenvalue weighted by Gasteiger charge is -2.23. The van der Waals surface area contributed by atoms with Crippen molar-refractivity contribution < 1.29 is 23.1 Å². The van der Waals surface area contributed by atoms with Gasteiger partial charge in [0.25, 0.3) is 10.2 Å². The van der Waals surface area contributed by atoms with Crippen LogP contribution in [0.1, 0.15) is 19.3 Å². The molecule has 1 fully saturated rings. The number of carboxylic acids is 1. The Morgan fingerprint density at radius 1 is 1.26 bits per heavy atom. The van der Waals surface area contributed by atoms with E-state index in [4.69, 9.17) is 5.11 Å². The second kappa shape index (κ2) is 6.31. The van der Waals surface area contributed by atoms with Crippen LogP contribution in [0.3, 0.4) is 0 Å². The summed E-state index contributed by atoms with van der Waals surface area (Å²) < 4.78 is 25.7. The first-order chi connectivity index (χ1) is 8.73. The van der Waals surface area contributed by atoms with Crippen LogP contribution >= 0.6 is 0 Å². The predicted molar refractivity (Wildman–Crippen MR) is 67.6 cm³/mol. The summed E-state index contributed by atoms with van der Waals surface area (Å²) in [5.74, 6) is -1.42. The first kappa shape index (κ1) is 15.9. The maximum Gasteiger partial charge on any atom is 0.304 e. The van der Waals surface area contributed by atoms with Gasteiger partial charge in [-0.3, -0.25) is 9.59 Å². The van der Waals surface area contributed by atoms with Gasteiger partial charge in [0.2, 0.25) is 5.91 Å². The van der Waals surface area contributed by atoms with E-state index < -0.39 is 16.2 Å². The number of likely N-dealkylation sites (N-methyl/N-ethyl adjacent to an activating group) is 1. The van der Waals surface area contributed by atoms with Gasteiger partial charge in [-0.1, -0.05) is 0 Å². The highest BCUT2D eigenvalue weighted by Crippen LogP contribution is 2.18. The number of carbonyl (C=O) groups excluding carboxylic acids is 1. The summed E-state index contributed by atoms with van der Waals surface area (Å²) in [7, 11) is -1.23. The summed E-state index contributed by atoms with van der Waals surface area (Å²) in [6.07, 6.45) is 1.58. The van der Waals surface area contributed by atoms with Gasteiger partial charge < -0.3 is 10.4 Å². The monoisotopic (exact) mass is 293 g/mol. The van der Waals surface area contributed by atoms with Gasteiger partial charge >= 0.3 is 5.97 Å². The highest BCUT2D eigenvalue weighted by Gasteiger charge is 2.28. The summed E-state index contributed by atoms with van der Waals surface area (Å²) in [4.78, 5) is 21.9. The molecular formula is C10H19N3O5S. The van der Waals surface area contributed by atoms with Gasteiger partial charge in [-0.05, 0) is 12.8 Å². The second-order valence-corrected chi connectivity index (χ2v) is 6.71. The Hall–Kier alpha value is -1.19. The van der Waals surface area contributed by atoms with Crippen LogP contribution in [0, 0.1) is 0 Å². The molecule has 0 aromatic rings. The lowest BCUT2D eigenvalue weighted by molar-refractivity contribution is -0.137. The Morgan fingerprint density at radius 3 is 2.32 bits per heavy atom. The molecule has 2 N–H and O–H groups in total. The number of carboxylic acid groups (broad SMARTS) is 1. The minimum atomic E-state index is -3.80. The Labute approximate surface area is 112 Å². The lowest BCUT2D eigenvalue weighted by atomic mass is 10.4. The fraction of sp³-hybridized carbons (Fsp3) is 0.800. The van der Waals surface area contributed by atoms with Crippen LogP contribution in [0.2, 0.25) is 0 Å². The zero-order valence-corrected chi connectivity index (χ0v) is 11.8. The Kier molecular flexibility index (Phi) is 5.27. The molecule has 0 spiro atoms. The van der Waals surface area contributed by atoms with Gasteiger partial charge in [0, 0.05) is 26.7 Å². The van der Waals surface area contributed by atoms with Crippen LogP contribution in [0.15, 0.2) is 0 Å². The molecule has 8 nitrogen and oxygen atoms in total. The molecule has 0 atom stereocenters. The molecule has 0 aromatic carbocycles. The largest absolute Gasteiger partial charge is 0.481 e. The van der Waals surface area contributed by atoms with Crippen molar-refractivity contribution in [2.75, 3.05) is 27.2 Å². The quantitative estimate of drug-likeness (QED) is 0.587. The molecule has 0 radical (unpaired) electrons. The van der Waals surface area contributed by atoms with Crippen LogP contribution < -0.4 is 5.32 Å². The number of rotatable bonds is 8. The standard InChI is InChI=1S/C10H19N3O5S/c1-12(6-5-10(15)16)19(17,18)13(2)7-9(14)11-8-3-4-8/h8H,3-7H2,1-2H3,(H,11,14)(H,15,16). The molecule has 0 unspecified atom stereocenters. The first-order valence-electron chi connectivity index (χ1n) is 5.92. The van der Waals surface area contributed by atoms with Crippen molar-refractivity contribution in [1.29, 1.82) is 0 Å². The maximum absolute atomic E-state index is 12.0. The molecule has 110 valence electrons. The Balaban J connectivity index is 2.49. The molecule has 0 bridgehead atoms. The topological polar surface area (TPSA) is 107 Å². The van der Waals surface area contributed by atoms with E-state index in [1.165, 1.54) is 14.1 Å². The molecule has 1 saturated carbocycles. The fourth-order valence-corrected chi connectivity index (χ4v) is 2.47. The van der Waals surface area contributed by atoms with Crippen LogP contribution in [0.5, 0.6) is 0 Å². The summed E-state index contributed by atoms with van der Waals surface area (Å²) in [5.41, 5.74) is 0. The van der Waals surface area contributed by atoms with E-state index in [-0.39, 0.29) is 31.5 Å². The molecular weight excluding hydrogens is 274 g/mol. The van der Waals surface area contributed by atoms with E-state index in [0.717, 1.165) is 21.5 Å². The third-order valence-corrected chi connectivity index (χ3v) is 4.62. The van der Waals surface area contributed by atoms with Crippen LogP contribution in [-0.4, -0.2) is 67.2 Å². The molecule has 0 saturated heterocycles. The normalized spacial score (nSPS) is 15.8. The number of nitrogens with one attached hydrogen (secondary N) is 1. The second-order valence-electron chi connectivity index (χ2n) is 4.57. The smallest absolute Gasteiger partial charge is 0.304 e. The maximum atomic E-state index is 12.0. The fourth-order valence-electron chi connectivity index (χ4n) is 1.39. The zero-order chi connectivity index (χ0) is 14.6. The number of amides is 1. The lowest BCUT2D eigenvalue weighted by Crippen LogP contribution is -2.45. The highest BCUT2D eigenvalue weighted by molar-refractivity contribution is 7.86. The number of nitrogens with zero attached hydrogens (tertiary/aromatic N) is 2. The average Bonchev–Trinajstić information content (AvgIpc) is 3.08. The summed E-state index contributed by atoms with van der Waals surface area (Å²) in [6.45, 7) is -0.400. The first-order valence-corrected chi connectivity index (χ1v) is 7.32. The number of hydrogen-bond acceptors (Lipinski definition) is 4. The van der Waals surface area contributed by atoms with Gasteiger partial charge in [0.1, 0.15) is 0 Å². The van der Waals surface area contributed by atoms with E-state index in [2.05, 4.69) is 5.32 Å². The summed E-state index contributed by atoms with van der Waals surface area (Å²) in [6, 6.07) is 0.174. The van der Waals surface area contributed by atoms with Crippen molar-refractivity contribution >= 4 is 22.1 Å². The number of hydrogen-bond donors (Lipinski definition) is 2. The number of carbonyl (C=O) groups is 2. The van der Waals surface area contributed by atoms with Crippen molar-refractivity contribution in [3.05, 3.63) is 0 Å². The van der Waals surface area contributed by atoms with E-state index in [1.807, 2.05) is 0 Å². The predicted octanol–water partition coefficient (Wildman–Crippen LogP) is -1.15. The third-order valence-electron chi connectivity index (χ3n) is 2.74. The van der Waals surface area contributed by atoms with E-state index in [9.17, 15) is 18.0 Å². The highest BCUT2D eigenvalue weighted by atomic mass is 32.2. The number of aliphatic carboxylic acids is 1. The molecule has 9 heteroatoms. The molecule has 0 aromatic heterocycles. The Morgan fingerprint density at radius 2 is 1.84 bits per heavy atom. The summed E-state index contributed by atoms with van der Waals surface area (Å²) in [5, 5.41) is 11.2.